The Morgan fingerprint density at radius 2 is 1.06 bits per heavy atom. The molecule has 0 amide bonds. The Bertz CT molecular complexity index is 2720. The van der Waals surface area contributed by atoms with Gasteiger partial charge in [-0.2, -0.15) is 0 Å². The van der Waals surface area contributed by atoms with Crippen LogP contribution in [0.15, 0.2) is 158 Å². The second kappa shape index (κ2) is 10.2. The highest BCUT2D eigenvalue weighted by molar-refractivity contribution is 7.25. The van der Waals surface area contributed by atoms with E-state index in [0.29, 0.717) is 5.95 Å². The van der Waals surface area contributed by atoms with Gasteiger partial charge in [0.05, 0.1) is 27.9 Å². The van der Waals surface area contributed by atoms with E-state index in [9.17, 15) is 0 Å². The second-order valence-corrected chi connectivity index (χ2v) is 13.0. The minimum Gasteiger partial charge on any atom is -0.316 e. The Morgan fingerprint density at radius 1 is 0.447 bits per heavy atom. The molecule has 47 heavy (non-hydrogen) atoms. The van der Waals surface area contributed by atoms with Crippen LogP contribution in [0, 0.1) is 0 Å². The number of hydrogen-bond acceptors (Lipinski definition) is 3. The van der Waals surface area contributed by atoms with Crippen molar-refractivity contribution in [1.82, 2.24) is 19.1 Å². The van der Waals surface area contributed by atoms with Crippen molar-refractivity contribution in [3.05, 3.63) is 158 Å². The van der Waals surface area contributed by atoms with Gasteiger partial charge in [-0.15, -0.1) is 11.3 Å². The summed E-state index contributed by atoms with van der Waals surface area (Å²) in [5.74, 6) is 0.655. The van der Waals surface area contributed by atoms with Gasteiger partial charge in [0, 0.05) is 59.3 Å². The zero-order chi connectivity index (χ0) is 30.9. The summed E-state index contributed by atoms with van der Waals surface area (Å²) in [7, 11) is 0. The maximum atomic E-state index is 5.29. The second-order valence-electron chi connectivity index (χ2n) is 11.9. The lowest BCUT2D eigenvalue weighted by atomic mass is 10.1. The summed E-state index contributed by atoms with van der Waals surface area (Å²) < 4.78 is 7.08. The van der Waals surface area contributed by atoms with Crippen LogP contribution >= 0.6 is 11.3 Å². The normalized spacial score (nSPS) is 11.8. The molecule has 6 aromatic carbocycles. The summed E-state index contributed by atoms with van der Waals surface area (Å²) in [6.45, 7) is 0. The predicted octanol–water partition coefficient (Wildman–Crippen LogP) is 11.2. The number of fused-ring (bicyclic) bond motifs is 7. The fourth-order valence-corrected chi connectivity index (χ4v) is 8.06. The zero-order valence-corrected chi connectivity index (χ0v) is 26.0. The van der Waals surface area contributed by atoms with Gasteiger partial charge in [-0.05, 0) is 54.6 Å². The van der Waals surface area contributed by atoms with E-state index in [1.54, 1.807) is 0 Å². The summed E-state index contributed by atoms with van der Waals surface area (Å²) >= 11 is 1.84. The van der Waals surface area contributed by atoms with Crippen molar-refractivity contribution in [1.29, 1.82) is 0 Å². The molecule has 0 spiro atoms. The van der Waals surface area contributed by atoms with E-state index in [1.165, 1.54) is 36.3 Å². The largest absolute Gasteiger partial charge is 0.316 e. The molecule has 0 radical (unpaired) electrons. The topological polar surface area (TPSA) is 35.6 Å². The molecule has 0 bridgehead atoms. The molecule has 5 heteroatoms. The summed E-state index contributed by atoms with van der Waals surface area (Å²) in [6.07, 6.45) is 2.16. The Kier molecular flexibility index (Phi) is 5.71. The van der Waals surface area contributed by atoms with Crippen molar-refractivity contribution in [3.63, 3.8) is 0 Å². The van der Waals surface area contributed by atoms with Crippen molar-refractivity contribution < 1.29 is 0 Å². The summed E-state index contributed by atoms with van der Waals surface area (Å²) in [6, 6.07) is 53.7. The lowest BCUT2D eigenvalue weighted by Gasteiger charge is -2.12. The smallest absolute Gasteiger partial charge is 0.235 e. The van der Waals surface area contributed by atoms with Crippen LogP contribution in [0.4, 0.5) is 0 Å². The Balaban J connectivity index is 1.34. The first-order valence-corrected chi connectivity index (χ1v) is 16.6. The Labute approximate surface area is 274 Å². The van der Waals surface area contributed by atoms with Gasteiger partial charge in [0.1, 0.15) is 0 Å². The van der Waals surface area contributed by atoms with Crippen LogP contribution in [-0.2, 0) is 0 Å². The van der Waals surface area contributed by atoms with Gasteiger partial charge in [0.2, 0.25) is 5.95 Å². The lowest BCUT2D eigenvalue weighted by Crippen LogP contribution is -2.04. The van der Waals surface area contributed by atoms with Gasteiger partial charge in [0.15, 0.2) is 0 Å². The molecule has 0 aliphatic heterocycles. The zero-order valence-electron chi connectivity index (χ0n) is 25.2. The maximum absolute atomic E-state index is 5.29. The first kappa shape index (κ1) is 26.2. The highest BCUT2D eigenvalue weighted by Gasteiger charge is 2.20. The third-order valence-corrected chi connectivity index (χ3v) is 10.3. The molecule has 0 aliphatic rings. The van der Waals surface area contributed by atoms with Crippen molar-refractivity contribution in [2.75, 3.05) is 0 Å². The first-order valence-electron chi connectivity index (χ1n) is 15.7. The van der Waals surface area contributed by atoms with Gasteiger partial charge in [-0.1, -0.05) is 97.1 Å². The molecule has 4 nitrogen and oxygen atoms in total. The van der Waals surface area contributed by atoms with E-state index in [-0.39, 0.29) is 0 Å². The van der Waals surface area contributed by atoms with Gasteiger partial charge in [-0.3, -0.25) is 4.57 Å². The van der Waals surface area contributed by atoms with E-state index in [2.05, 4.69) is 155 Å². The molecule has 4 aromatic heterocycles. The van der Waals surface area contributed by atoms with Crippen molar-refractivity contribution in [3.8, 4) is 34.2 Å². The molecular formula is C42H26N4S. The molecule has 0 aliphatic carbocycles. The number of aromatic nitrogens is 4. The SMILES string of the molecule is c1ccc(-c2cc(-c3ccccc3)nc(-n3c4cc5sc6ccccc6c5cc4c4cc5ccn(-c6ccccc6)c5cc43)n2)cc1. The third-order valence-electron chi connectivity index (χ3n) is 9.16. The lowest BCUT2D eigenvalue weighted by molar-refractivity contribution is 0.996. The molecular weight excluding hydrogens is 593 g/mol. The molecule has 10 aromatic rings. The van der Waals surface area contributed by atoms with Crippen LogP contribution in [0.1, 0.15) is 0 Å². The minimum atomic E-state index is 0.655. The van der Waals surface area contributed by atoms with E-state index in [0.717, 1.165) is 44.8 Å². The molecule has 0 N–H and O–H groups in total. The monoisotopic (exact) mass is 618 g/mol. The quantitative estimate of drug-likeness (QED) is 0.197. The van der Waals surface area contributed by atoms with Crippen LogP contribution in [0.25, 0.3) is 87.0 Å². The van der Waals surface area contributed by atoms with Crippen LogP contribution in [-0.4, -0.2) is 19.1 Å². The number of benzene rings is 6. The van der Waals surface area contributed by atoms with Crippen molar-refractivity contribution >= 4 is 64.2 Å². The molecule has 0 atom stereocenters. The molecule has 4 heterocycles. The van der Waals surface area contributed by atoms with E-state index in [1.807, 2.05) is 23.5 Å². The Hall–Kier alpha value is -6.04. The van der Waals surface area contributed by atoms with Crippen LogP contribution < -0.4 is 0 Å². The summed E-state index contributed by atoms with van der Waals surface area (Å²) in [5.41, 5.74) is 8.34. The first-order chi connectivity index (χ1) is 23.3. The van der Waals surface area contributed by atoms with Gasteiger partial charge >= 0.3 is 0 Å². The van der Waals surface area contributed by atoms with Crippen LogP contribution in [0.3, 0.4) is 0 Å². The number of rotatable bonds is 4. The minimum absolute atomic E-state index is 0.655. The van der Waals surface area contributed by atoms with Gasteiger partial charge < -0.3 is 4.57 Å². The highest BCUT2D eigenvalue weighted by atomic mass is 32.1. The summed E-state index contributed by atoms with van der Waals surface area (Å²) in [5, 5.41) is 6.15. The molecule has 10 rings (SSSR count). The van der Waals surface area contributed by atoms with Crippen LogP contribution in [0.2, 0.25) is 0 Å². The number of para-hydroxylation sites is 1. The van der Waals surface area contributed by atoms with Crippen LogP contribution in [0.5, 0.6) is 0 Å². The van der Waals surface area contributed by atoms with Gasteiger partial charge in [-0.25, -0.2) is 9.97 Å². The van der Waals surface area contributed by atoms with Gasteiger partial charge in [0.25, 0.3) is 0 Å². The van der Waals surface area contributed by atoms with Crippen molar-refractivity contribution in [2.45, 2.75) is 0 Å². The molecule has 0 unspecified atom stereocenters. The standard InChI is InChI=1S/C42H26N4S/c1-4-12-27(13-5-1)35-24-36(28-14-6-2-7-15-28)44-42(43-35)46-38-25-37-29(20-21-45(37)30-16-8-3-9-17-30)22-32(38)33-23-34-31-18-10-11-19-40(31)47-41(34)26-39(33)46/h1-26H. The van der Waals surface area contributed by atoms with E-state index in [4.69, 9.17) is 9.97 Å². The number of nitrogens with zero attached hydrogens (tertiary/aromatic N) is 4. The van der Waals surface area contributed by atoms with E-state index >= 15 is 0 Å². The fourth-order valence-electron chi connectivity index (χ4n) is 6.94. The fraction of sp³-hybridized carbons (Fsp3) is 0. The maximum Gasteiger partial charge on any atom is 0.235 e. The highest BCUT2D eigenvalue weighted by Crippen LogP contribution is 2.42. The number of hydrogen-bond donors (Lipinski definition) is 0. The average Bonchev–Trinajstić information content (AvgIpc) is 3.81. The van der Waals surface area contributed by atoms with E-state index < -0.39 is 0 Å². The molecule has 0 saturated heterocycles. The molecule has 0 fully saturated rings. The summed E-state index contributed by atoms with van der Waals surface area (Å²) in [4.78, 5) is 10.6. The molecule has 220 valence electrons. The predicted molar refractivity (Wildman–Crippen MR) is 197 cm³/mol. The van der Waals surface area contributed by atoms with Crippen molar-refractivity contribution in [2.24, 2.45) is 0 Å². The third kappa shape index (κ3) is 4.14. The molecule has 0 saturated carbocycles. The average molecular weight is 619 g/mol. The number of thiophene rings is 1. The Morgan fingerprint density at radius 3 is 1.79 bits per heavy atom.